The van der Waals surface area contributed by atoms with Crippen molar-refractivity contribution in [2.24, 2.45) is 0 Å². The fraction of sp³-hybridized carbons (Fsp3) is 0.818. The lowest BCUT2D eigenvalue weighted by Gasteiger charge is -2.22. The van der Waals surface area contributed by atoms with E-state index in [0.717, 1.165) is 7.11 Å². The van der Waals surface area contributed by atoms with Crippen molar-refractivity contribution in [3.8, 4) is 0 Å². The first-order valence-corrected chi connectivity index (χ1v) is 7.75. The molecular weight excluding hydrogens is 271 g/mol. The number of methoxy groups -OCH3 is 1. The van der Waals surface area contributed by atoms with Crippen molar-refractivity contribution in [1.82, 2.24) is 10.4 Å². The molecule has 0 aliphatic rings. The van der Waals surface area contributed by atoms with Crippen LogP contribution in [0.3, 0.4) is 0 Å². The Morgan fingerprint density at radius 2 is 1.84 bits per heavy atom. The second-order valence-electron chi connectivity index (χ2n) is 4.33. The van der Waals surface area contributed by atoms with Crippen molar-refractivity contribution in [2.75, 3.05) is 14.2 Å². The van der Waals surface area contributed by atoms with Gasteiger partial charge < -0.3 is 14.6 Å². The van der Waals surface area contributed by atoms with Crippen molar-refractivity contribution in [3.63, 3.8) is 0 Å². The second-order valence-corrected chi connectivity index (χ2v) is 6.46. The van der Waals surface area contributed by atoms with Crippen LogP contribution in [0.1, 0.15) is 33.6 Å². The summed E-state index contributed by atoms with van der Waals surface area (Å²) < 4.78 is 21.8. The average Bonchev–Trinajstić information content (AvgIpc) is 2.36. The number of hydrogen-bond donors (Lipinski definition) is 2. The van der Waals surface area contributed by atoms with Crippen molar-refractivity contribution >= 4 is 19.1 Å². The second kappa shape index (κ2) is 8.30. The number of nitrogens with one attached hydrogen (secondary N) is 2. The summed E-state index contributed by atoms with van der Waals surface area (Å²) in [6.07, 6.45) is 1.07. The quantitative estimate of drug-likeness (QED) is 0.524. The van der Waals surface area contributed by atoms with Gasteiger partial charge in [0.15, 0.2) is 0 Å². The van der Waals surface area contributed by atoms with Crippen molar-refractivity contribution < 1.29 is 23.4 Å². The number of carbonyl (C=O) groups is 2. The summed E-state index contributed by atoms with van der Waals surface area (Å²) in [5.41, 5.74) is -0.755. The molecule has 7 nitrogen and oxygen atoms in total. The number of carbonyl (C=O) groups excluding carboxylic acids is 2. The summed E-state index contributed by atoms with van der Waals surface area (Å²) in [5, 5.41) is 4.98. The Labute approximate surface area is 113 Å². The van der Waals surface area contributed by atoms with Crippen LogP contribution < -0.4 is 10.4 Å². The minimum Gasteiger partial charge on any atom is -0.468 e. The highest BCUT2D eigenvalue weighted by Gasteiger charge is 2.37. The summed E-state index contributed by atoms with van der Waals surface area (Å²) in [7, 11) is -1.40. The number of amides is 1. The summed E-state index contributed by atoms with van der Waals surface area (Å²) >= 11 is 0. The van der Waals surface area contributed by atoms with E-state index < -0.39 is 25.2 Å². The molecule has 0 aliphatic heterocycles. The Bertz CT molecular complexity index is 359. The van der Waals surface area contributed by atoms with Crippen molar-refractivity contribution in [2.45, 2.75) is 45.7 Å². The normalized spacial score (nSPS) is 15.7. The predicted octanol–water partition coefficient (Wildman–Crippen LogP) is 1.88. The lowest BCUT2D eigenvalue weighted by Crippen LogP contribution is -2.40. The van der Waals surface area contributed by atoms with Crippen molar-refractivity contribution in [3.05, 3.63) is 0 Å². The zero-order chi connectivity index (χ0) is 15.1. The molecule has 112 valence electrons. The number of ether oxygens (including phenoxy) is 1. The number of hydrogen-bond acceptors (Lipinski definition) is 5. The van der Waals surface area contributed by atoms with Gasteiger partial charge in [0, 0.05) is 13.2 Å². The molecule has 0 spiro atoms. The van der Waals surface area contributed by atoms with Gasteiger partial charge in [-0.2, -0.15) is 0 Å². The topological polar surface area (TPSA) is 93.7 Å². The van der Waals surface area contributed by atoms with Gasteiger partial charge in [-0.05, 0) is 20.3 Å². The third kappa shape index (κ3) is 5.72. The van der Waals surface area contributed by atoms with E-state index in [4.69, 9.17) is 4.52 Å². The molecule has 0 saturated heterocycles. The molecule has 19 heavy (non-hydrogen) atoms. The molecule has 8 heteroatoms. The van der Waals surface area contributed by atoms with E-state index >= 15 is 0 Å². The van der Waals surface area contributed by atoms with Crippen LogP contribution in [0.5, 0.6) is 0 Å². The summed E-state index contributed by atoms with van der Waals surface area (Å²) in [6, 6.07) is -1.01. The molecule has 0 fully saturated rings. The zero-order valence-corrected chi connectivity index (χ0v) is 13.0. The number of esters is 1. The van der Waals surface area contributed by atoms with E-state index in [1.165, 1.54) is 7.11 Å². The highest BCUT2D eigenvalue weighted by Crippen LogP contribution is 2.43. The predicted molar refractivity (Wildman–Crippen MR) is 72.1 cm³/mol. The molecule has 0 saturated carbocycles. The highest BCUT2D eigenvalue weighted by molar-refractivity contribution is 7.74. The maximum atomic E-state index is 12.4. The lowest BCUT2D eigenvalue weighted by atomic mass is 10.2. The van der Waals surface area contributed by atoms with Crippen LogP contribution in [0.4, 0.5) is 4.79 Å². The largest absolute Gasteiger partial charge is 0.468 e. The molecule has 0 heterocycles. The Hall–Kier alpha value is -0.910. The van der Waals surface area contributed by atoms with Crippen LogP contribution in [0, 0.1) is 0 Å². The smallest absolute Gasteiger partial charge is 0.356 e. The van der Waals surface area contributed by atoms with Gasteiger partial charge in [-0.3, -0.25) is 14.2 Å². The van der Waals surface area contributed by atoms with Gasteiger partial charge in [0.1, 0.15) is 6.04 Å². The maximum absolute atomic E-state index is 12.4. The van der Waals surface area contributed by atoms with E-state index in [-0.39, 0.29) is 6.04 Å². The molecule has 2 N–H and O–H groups in total. The number of rotatable bonds is 8. The molecule has 0 aromatic carbocycles. The van der Waals surface area contributed by atoms with E-state index in [1.807, 2.05) is 6.92 Å². The lowest BCUT2D eigenvalue weighted by molar-refractivity contribution is -0.142. The molecule has 0 rings (SSSR count). The van der Waals surface area contributed by atoms with Crippen LogP contribution >= 0.6 is 7.52 Å². The minimum absolute atomic E-state index is 0.180. The average molecular weight is 294 g/mol. The molecule has 0 aromatic heterocycles. The van der Waals surface area contributed by atoms with Gasteiger partial charge in [-0.15, -0.1) is 0 Å². The first-order chi connectivity index (χ1) is 8.80. The van der Waals surface area contributed by atoms with Gasteiger partial charge in [0.25, 0.3) is 0 Å². The SMILES string of the molecule is CCC[C@@H](N[P@](=O)(OC)C(=O)NC(C)C)C(=O)OC. The van der Waals surface area contributed by atoms with Crippen LogP contribution in [-0.4, -0.2) is 37.9 Å². The molecule has 0 bridgehead atoms. The molecule has 0 aliphatic carbocycles. The third-order valence-electron chi connectivity index (χ3n) is 2.33. The Balaban J connectivity index is 4.96. The van der Waals surface area contributed by atoms with Gasteiger partial charge in [-0.1, -0.05) is 13.3 Å². The molecule has 0 radical (unpaired) electrons. The Morgan fingerprint density at radius 1 is 1.26 bits per heavy atom. The standard InChI is InChI=1S/C11H23N2O5P/c1-6-7-9(10(14)17-4)13-19(16,18-5)11(15)12-8(2)3/h8-9H,6-7H2,1-5H3,(H,12,15)(H,13,16)/t9-,19-/m1/s1. The van der Waals surface area contributed by atoms with E-state index in [2.05, 4.69) is 15.1 Å². The fourth-order valence-electron chi connectivity index (χ4n) is 1.40. The molecular formula is C11H23N2O5P. The van der Waals surface area contributed by atoms with E-state index in [9.17, 15) is 14.2 Å². The van der Waals surface area contributed by atoms with Crippen LogP contribution in [-0.2, 0) is 18.6 Å². The van der Waals surface area contributed by atoms with Crippen LogP contribution in [0.25, 0.3) is 0 Å². The first-order valence-electron chi connectivity index (χ1n) is 6.13. The van der Waals surface area contributed by atoms with Gasteiger partial charge >= 0.3 is 19.1 Å². The fourth-order valence-corrected chi connectivity index (χ4v) is 2.86. The molecule has 2 atom stereocenters. The molecule has 0 unspecified atom stereocenters. The maximum Gasteiger partial charge on any atom is 0.356 e. The monoisotopic (exact) mass is 294 g/mol. The highest BCUT2D eigenvalue weighted by atomic mass is 31.2. The minimum atomic E-state index is -3.80. The Morgan fingerprint density at radius 3 is 2.21 bits per heavy atom. The van der Waals surface area contributed by atoms with Crippen molar-refractivity contribution in [1.29, 1.82) is 0 Å². The van der Waals surface area contributed by atoms with E-state index in [1.54, 1.807) is 13.8 Å². The third-order valence-corrected chi connectivity index (χ3v) is 4.16. The van der Waals surface area contributed by atoms with Gasteiger partial charge in [0.05, 0.1) is 7.11 Å². The van der Waals surface area contributed by atoms with E-state index in [0.29, 0.717) is 12.8 Å². The summed E-state index contributed by atoms with van der Waals surface area (Å²) in [4.78, 5) is 23.4. The molecule has 1 amide bonds. The van der Waals surface area contributed by atoms with Crippen LogP contribution in [0.2, 0.25) is 0 Å². The van der Waals surface area contributed by atoms with Crippen LogP contribution in [0.15, 0.2) is 0 Å². The molecule has 0 aromatic rings. The zero-order valence-electron chi connectivity index (χ0n) is 12.1. The Kier molecular flexibility index (Phi) is 7.90. The van der Waals surface area contributed by atoms with Gasteiger partial charge in [-0.25, -0.2) is 5.09 Å². The van der Waals surface area contributed by atoms with Gasteiger partial charge in [0.2, 0.25) is 0 Å². The summed E-state index contributed by atoms with van der Waals surface area (Å²) in [5.74, 6) is -0.573. The first kappa shape index (κ1) is 18.1. The summed E-state index contributed by atoms with van der Waals surface area (Å²) in [6.45, 7) is 5.34.